The van der Waals surface area contributed by atoms with Crippen LogP contribution in [-0.4, -0.2) is 9.97 Å². The Hall–Kier alpha value is -1.09. The number of imidazole rings is 1. The summed E-state index contributed by atoms with van der Waals surface area (Å²) in [5.41, 5.74) is 5.15. The van der Waals surface area contributed by atoms with Crippen molar-refractivity contribution in [3.63, 3.8) is 0 Å². The third-order valence-electron chi connectivity index (χ3n) is 3.06. The van der Waals surface area contributed by atoms with Gasteiger partial charge in [-0.15, -0.1) is 0 Å². The maximum Gasteiger partial charge on any atom is 0.0923 e. The second-order valence-corrected chi connectivity index (χ2v) is 4.54. The minimum absolute atomic E-state index is 0.338. The molecule has 1 heterocycles. The largest absolute Gasteiger partial charge is 0.351 e. The molecule has 0 bridgehead atoms. The van der Waals surface area contributed by atoms with Gasteiger partial charge in [0.2, 0.25) is 0 Å². The number of H-pyrrole nitrogens is 1. The average Bonchev–Trinajstić information content (AvgIpc) is 2.82. The van der Waals surface area contributed by atoms with Gasteiger partial charge in [-0.25, -0.2) is 4.98 Å². The Labute approximate surface area is 104 Å². The number of aromatic nitrogens is 2. The Balaban J connectivity index is 2.41. The van der Waals surface area contributed by atoms with E-state index in [1.54, 1.807) is 6.33 Å². The summed E-state index contributed by atoms with van der Waals surface area (Å²) in [6, 6.07) is 6.45. The Bertz CT molecular complexity index is 463. The summed E-state index contributed by atoms with van der Waals surface area (Å²) in [6.07, 6.45) is 3.69. The third kappa shape index (κ3) is 2.05. The molecule has 0 spiro atoms. The second kappa shape index (κ2) is 4.83. The summed E-state index contributed by atoms with van der Waals surface area (Å²) in [5, 5.41) is 0.903. The van der Waals surface area contributed by atoms with E-state index in [1.807, 2.05) is 6.20 Å². The number of benzene rings is 1. The lowest BCUT2D eigenvalue weighted by atomic mass is 9.92. The molecule has 0 aliphatic carbocycles. The van der Waals surface area contributed by atoms with Gasteiger partial charge in [0.1, 0.15) is 0 Å². The molecule has 0 unspecified atom stereocenters. The molecule has 2 aromatic rings. The standard InChI is InChI=1S/C13H15BrN2/c1-9-11(6-14)4-3-5-12(9)10(2)13-7-15-8-16-13/h3-5,7-8,10H,6H2,1-2H3,(H,15,16)/t10-/m0/s1. The lowest BCUT2D eigenvalue weighted by Crippen LogP contribution is -2.01. The highest BCUT2D eigenvalue weighted by Crippen LogP contribution is 2.27. The first-order valence-electron chi connectivity index (χ1n) is 5.37. The van der Waals surface area contributed by atoms with E-state index in [2.05, 4.69) is 57.9 Å². The zero-order valence-electron chi connectivity index (χ0n) is 9.50. The van der Waals surface area contributed by atoms with Gasteiger partial charge in [-0.1, -0.05) is 41.1 Å². The quantitative estimate of drug-likeness (QED) is 0.851. The maximum absolute atomic E-state index is 4.32. The van der Waals surface area contributed by atoms with E-state index in [0.29, 0.717) is 5.92 Å². The number of alkyl halides is 1. The van der Waals surface area contributed by atoms with Gasteiger partial charge in [0.15, 0.2) is 0 Å². The molecule has 0 aliphatic rings. The average molecular weight is 279 g/mol. The highest BCUT2D eigenvalue weighted by molar-refractivity contribution is 9.08. The zero-order chi connectivity index (χ0) is 11.5. The highest BCUT2D eigenvalue weighted by atomic mass is 79.9. The second-order valence-electron chi connectivity index (χ2n) is 3.98. The maximum atomic E-state index is 4.32. The van der Waals surface area contributed by atoms with E-state index in [4.69, 9.17) is 0 Å². The summed E-state index contributed by atoms with van der Waals surface area (Å²) in [7, 11) is 0. The molecule has 0 amide bonds. The van der Waals surface area contributed by atoms with Crippen LogP contribution in [0.4, 0.5) is 0 Å². The SMILES string of the molecule is Cc1c(CBr)cccc1[C@H](C)c1c[nH]cn1. The number of hydrogen-bond donors (Lipinski definition) is 1. The van der Waals surface area contributed by atoms with Crippen LogP contribution in [0.5, 0.6) is 0 Å². The number of hydrogen-bond acceptors (Lipinski definition) is 1. The molecule has 0 aliphatic heterocycles. The first-order valence-corrected chi connectivity index (χ1v) is 6.49. The topological polar surface area (TPSA) is 28.7 Å². The van der Waals surface area contributed by atoms with Crippen LogP contribution in [0, 0.1) is 6.92 Å². The summed E-state index contributed by atoms with van der Waals surface area (Å²) < 4.78 is 0. The normalized spacial score (nSPS) is 12.7. The lowest BCUT2D eigenvalue weighted by Gasteiger charge is -2.14. The minimum Gasteiger partial charge on any atom is -0.351 e. The molecule has 2 nitrogen and oxygen atoms in total. The fourth-order valence-corrected chi connectivity index (χ4v) is 2.59. The molecule has 1 aromatic carbocycles. The smallest absolute Gasteiger partial charge is 0.0923 e. The fourth-order valence-electron chi connectivity index (χ4n) is 1.99. The first kappa shape index (κ1) is 11.4. The van der Waals surface area contributed by atoms with Crippen molar-refractivity contribution in [2.45, 2.75) is 25.1 Å². The van der Waals surface area contributed by atoms with E-state index in [-0.39, 0.29) is 0 Å². The van der Waals surface area contributed by atoms with Crippen LogP contribution in [0.1, 0.15) is 35.2 Å². The molecule has 84 valence electrons. The van der Waals surface area contributed by atoms with Crippen LogP contribution in [0.3, 0.4) is 0 Å². The van der Waals surface area contributed by atoms with Gasteiger partial charge in [0.05, 0.1) is 12.0 Å². The number of rotatable bonds is 3. The van der Waals surface area contributed by atoms with Crippen molar-refractivity contribution < 1.29 is 0 Å². The van der Waals surface area contributed by atoms with Crippen molar-refractivity contribution in [1.82, 2.24) is 9.97 Å². The van der Waals surface area contributed by atoms with Crippen LogP contribution in [0.25, 0.3) is 0 Å². The number of aromatic amines is 1. The van der Waals surface area contributed by atoms with Crippen molar-refractivity contribution >= 4 is 15.9 Å². The Morgan fingerprint density at radius 1 is 1.44 bits per heavy atom. The van der Waals surface area contributed by atoms with Crippen LogP contribution >= 0.6 is 15.9 Å². The van der Waals surface area contributed by atoms with Crippen LogP contribution in [0.15, 0.2) is 30.7 Å². The monoisotopic (exact) mass is 278 g/mol. The van der Waals surface area contributed by atoms with E-state index in [0.717, 1.165) is 11.0 Å². The molecule has 1 atom stereocenters. The Morgan fingerprint density at radius 3 is 2.88 bits per heavy atom. The number of halogens is 1. The number of nitrogens with zero attached hydrogens (tertiary/aromatic N) is 1. The van der Waals surface area contributed by atoms with E-state index >= 15 is 0 Å². The molecule has 2 rings (SSSR count). The molecular formula is C13H15BrN2. The lowest BCUT2D eigenvalue weighted by molar-refractivity contribution is 0.870. The van der Waals surface area contributed by atoms with E-state index in [9.17, 15) is 0 Å². The van der Waals surface area contributed by atoms with Crippen LogP contribution in [0.2, 0.25) is 0 Å². The molecule has 0 saturated heterocycles. The predicted octanol–water partition coefficient (Wildman–Crippen LogP) is 3.76. The van der Waals surface area contributed by atoms with Crippen molar-refractivity contribution in [3.05, 3.63) is 53.1 Å². The molecule has 16 heavy (non-hydrogen) atoms. The van der Waals surface area contributed by atoms with Gasteiger partial charge in [-0.05, 0) is 23.6 Å². The molecule has 1 aromatic heterocycles. The minimum atomic E-state index is 0.338. The van der Waals surface area contributed by atoms with Crippen molar-refractivity contribution in [2.75, 3.05) is 0 Å². The summed E-state index contributed by atoms with van der Waals surface area (Å²) in [4.78, 5) is 7.33. The molecule has 0 saturated carbocycles. The first-order chi connectivity index (χ1) is 7.74. The summed E-state index contributed by atoms with van der Waals surface area (Å²) in [6.45, 7) is 4.37. The number of nitrogens with one attached hydrogen (secondary N) is 1. The molecule has 3 heteroatoms. The Morgan fingerprint density at radius 2 is 2.25 bits per heavy atom. The van der Waals surface area contributed by atoms with Gasteiger partial charge in [0.25, 0.3) is 0 Å². The highest BCUT2D eigenvalue weighted by Gasteiger charge is 2.13. The van der Waals surface area contributed by atoms with Gasteiger partial charge >= 0.3 is 0 Å². The van der Waals surface area contributed by atoms with E-state index < -0.39 is 0 Å². The molecule has 1 N–H and O–H groups in total. The van der Waals surface area contributed by atoms with Crippen molar-refractivity contribution in [1.29, 1.82) is 0 Å². The third-order valence-corrected chi connectivity index (χ3v) is 3.67. The predicted molar refractivity (Wildman–Crippen MR) is 69.9 cm³/mol. The van der Waals surface area contributed by atoms with Crippen LogP contribution < -0.4 is 0 Å². The van der Waals surface area contributed by atoms with Gasteiger partial charge in [0, 0.05) is 17.4 Å². The Kier molecular flexibility index (Phi) is 3.44. The van der Waals surface area contributed by atoms with Gasteiger partial charge in [-0.2, -0.15) is 0 Å². The van der Waals surface area contributed by atoms with E-state index in [1.165, 1.54) is 16.7 Å². The zero-order valence-corrected chi connectivity index (χ0v) is 11.1. The molecular weight excluding hydrogens is 264 g/mol. The van der Waals surface area contributed by atoms with Gasteiger partial charge in [-0.3, -0.25) is 0 Å². The summed E-state index contributed by atoms with van der Waals surface area (Å²) in [5.74, 6) is 0.338. The van der Waals surface area contributed by atoms with Crippen molar-refractivity contribution in [2.24, 2.45) is 0 Å². The van der Waals surface area contributed by atoms with Gasteiger partial charge < -0.3 is 4.98 Å². The van der Waals surface area contributed by atoms with Crippen molar-refractivity contribution in [3.8, 4) is 0 Å². The molecule has 0 fully saturated rings. The summed E-state index contributed by atoms with van der Waals surface area (Å²) >= 11 is 3.52. The fraction of sp³-hybridized carbons (Fsp3) is 0.308. The van der Waals surface area contributed by atoms with Crippen LogP contribution in [-0.2, 0) is 5.33 Å². The molecule has 0 radical (unpaired) electrons.